The Hall–Kier alpha value is -2.66. The second kappa shape index (κ2) is 5.92. The van der Waals surface area contributed by atoms with E-state index in [1.54, 1.807) is 11.1 Å². The second-order valence-electron chi connectivity index (χ2n) is 8.30. The molecule has 3 aliphatic rings. The number of benzene rings is 2. The van der Waals surface area contributed by atoms with Crippen LogP contribution >= 0.6 is 0 Å². The molecule has 6 rings (SSSR count). The zero-order chi connectivity index (χ0) is 19.6. The third kappa shape index (κ3) is 2.42. The van der Waals surface area contributed by atoms with Crippen LogP contribution in [0.2, 0.25) is 0 Å². The van der Waals surface area contributed by atoms with E-state index in [1.165, 1.54) is 42.5 Å². The van der Waals surface area contributed by atoms with E-state index in [9.17, 15) is 0 Å². The van der Waals surface area contributed by atoms with E-state index >= 15 is 0 Å². The first-order valence-electron chi connectivity index (χ1n) is 10.4. The minimum absolute atomic E-state index is 0.515. The van der Waals surface area contributed by atoms with Gasteiger partial charge in [0.25, 0.3) is 0 Å². The van der Waals surface area contributed by atoms with Crippen LogP contribution in [-0.4, -0.2) is 0 Å². The van der Waals surface area contributed by atoms with Gasteiger partial charge < -0.3 is 0 Å². The highest BCUT2D eigenvalue weighted by Crippen LogP contribution is 2.50. The van der Waals surface area contributed by atoms with Gasteiger partial charge in [-0.3, -0.25) is 0 Å². The lowest BCUT2D eigenvalue weighted by atomic mass is 9.66. The van der Waals surface area contributed by atoms with E-state index in [2.05, 4.69) is 35.5 Å². The van der Waals surface area contributed by atoms with Crippen LogP contribution in [-0.2, 0) is 7.05 Å². The summed E-state index contributed by atoms with van der Waals surface area (Å²) < 4.78 is 10.8. The minimum atomic E-state index is 0.515. The monoisotopic (exact) mass is 354 g/mol. The zero-order valence-electron chi connectivity index (χ0n) is 17.3. The van der Waals surface area contributed by atoms with Gasteiger partial charge in [0.05, 0.1) is 18.9 Å². The number of fused-ring (bicyclic) bond motifs is 3. The fourth-order valence-corrected chi connectivity index (χ4v) is 5.29. The van der Waals surface area contributed by atoms with Crippen molar-refractivity contribution in [2.75, 3.05) is 0 Å². The maximum absolute atomic E-state index is 8.61. The maximum atomic E-state index is 8.61. The van der Waals surface area contributed by atoms with Crippen molar-refractivity contribution >= 4 is 16.5 Å². The fourth-order valence-electron chi connectivity index (χ4n) is 5.29. The number of hydrogen-bond acceptors (Lipinski definition) is 0. The van der Waals surface area contributed by atoms with Gasteiger partial charge in [0.1, 0.15) is 7.05 Å². The summed E-state index contributed by atoms with van der Waals surface area (Å²) in [6.07, 6.45) is 5.34. The summed E-state index contributed by atoms with van der Waals surface area (Å²) in [4.78, 5) is 3.58. The van der Waals surface area contributed by atoms with Gasteiger partial charge in [-0.25, -0.2) is 4.85 Å². The van der Waals surface area contributed by atoms with Crippen LogP contribution in [0.25, 0.3) is 26.9 Å². The van der Waals surface area contributed by atoms with E-state index < -0.39 is 0 Å². The van der Waals surface area contributed by atoms with Crippen LogP contribution in [0.4, 0.5) is 5.69 Å². The van der Waals surface area contributed by atoms with Crippen molar-refractivity contribution in [3.05, 3.63) is 70.2 Å². The summed E-state index contributed by atoms with van der Waals surface area (Å²) in [7, 11) is 2.07. The largest absolute Gasteiger partial charge is 0.238 e. The Morgan fingerprint density at radius 1 is 1.04 bits per heavy atom. The molecule has 3 aromatic rings. The van der Waals surface area contributed by atoms with Gasteiger partial charge >= 0.3 is 0 Å². The van der Waals surface area contributed by atoms with Crippen LogP contribution in [0.15, 0.2) is 36.4 Å². The normalized spacial score (nSPS) is 21.0. The van der Waals surface area contributed by atoms with Crippen LogP contribution in [0, 0.1) is 20.4 Å². The summed E-state index contributed by atoms with van der Waals surface area (Å²) in [6, 6.07) is 11.2. The average Bonchev–Trinajstić information content (AvgIpc) is 2.73. The number of aryl methyl sites for hydroxylation is 1. The van der Waals surface area contributed by atoms with Crippen molar-refractivity contribution < 1.29 is 5.94 Å². The molecule has 0 saturated heterocycles. The van der Waals surface area contributed by atoms with Crippen molar-refractivity contribution in [1.29, 1.82) is 0 Å². The smallest absolute Gasteiger partial charge is 0.220 e. The zero-order valence-corrected chi connectivity index (χ0v) is 16.3. The van der Waals surface area contributed by atoms with E-state index in [-0.39, 0.29) is 0 Å². The molecule has 3 aliphatic carbocycles. The molecule has 0 radical (unpaired) electrons. The average molecular weight is 354 g/mol. The SMILES string of the molecule is [2H]c1c(C)[n+](C)c(-c2cc3c(cc2C)C2CCC3CC2)c2ccc([N+]#[C-])cc12. The Labute approximate surface area is 162 Å². The highest BCUT2D eigenvalue weighted by molar-refractivity contribution is 5.96. The van der Waals surface area contributed by atoms with Gasteiger partial charge in [0, 0.05) is 13.0 Å². The molecule has 1 aromatic heterocycles. The predicted octanol–water partition coefficient (Wildman–Crippen LogP) is 6.25. The van der Waals surface area contributed by atoms with Gasteiger partial charge in [-0.2, -0.15) is 4.57 Å². The summed E-state index contributed by atoms with van der Waals surface area (Å²) in [5, 5.41) is 1.94. The Kier molecular flexibility index (Phi) is 3.38. The molecule has 2 nitrogen and oxygen atoms in total. The number of hydrogen-bond donors (Lipinski definition) is 0. The van der Waals surface area contributed by atoms with Crippen LogP contribution in [0.3, 0.4) is 0 Å². The molecule has 134 valence electrons. The molecule has 1 heterocycles. The number of pyridine rings is 1. The van der Waals surface area contributed by atoms with Crippen LogP contribution < -0.4 is 4.57 Å². The van der Waals surface area contributed by atoms with E-state index in [1.807, 2.05) is 25.1 Å². The lowest BCUT2D eigenvalue weighted by Gasteiger charge is -2.38. The topological polar surface area (TPSA) is 8.24 Å². The summed E-state index contributed by atoms with van der Waals surface area (Å²) in [5.41, 5.74) is 8.43. The summed E-state index contributed by atoms with van der Waals surface area (Å²) in [6.45, 7) is 11.6. The first kappa shape index (κ1) is 15.4. The van der Waals surface area contributed by atoms with Crippen molar-refractivity contribution in [1.82, 2.24) is 0 Å². The van der Waals surface area contributed by atoms with Gasteiger partial charge in [-0.1, -0.05) is 18.2 Å². The highest BCUT2D eigenvalue weighted by atomic mass is 14.9. The lowest BCUT2D eigenvalue weighted by Crippen LogP contribution is -2.35. The molecule has 0 N–H and O–H groups in total. The Morgan fingerprint density at radius 2 is 1.70 bits per heavy atom. The molecule has 1 fully saturated rings. The van der Waals surface area contributed by atoms with Crippen molar-refractivity contribution in [2.24, 2.45) is 7.05 Å². The first-order valence-corrected chi connectivity index (χ1v) is 9.94. The summed E-state index contributed by atoms with van der Waals surface area (Å²) in [5.74, 6) is 1.46. The van der Waals surface area contributed by atoms with E-state index in [4.69, 9.17) is 7.94 Å². The molecular formula is C25H25N2+. The van der Waals surface area contributed by atoms with Crippen molar-refractivity contribution in [2.45, 2.75) is 51.4 Å². The third-order valence-corrected chi connectivity index (χ3v) is 6.83. The molecule has 0 amide bonds. The van der Waals surface area contributed by atoms with Gasteiger partial charge in [0.15, 0.2) is 11.4 Å². The molecule has 1 saturated carbocycles. The van der Waals surface area contributed by atoms with Gasteiger partial charge in [-0.15, -0.1) is 0 Å². The molecule has 0 spiro atoms. The molecule has 0 atom stereocenters. The van der Waals surface area contributed by atoms with Crippen LogP contribution in [0.1, 0.15) is 61.3 Å². The van der Waals surface area contributed by atoms with Gasteiger partial charge in [0.2, 0.25) is 5.69 Å². The Bertz CT molecular complexity index is 1180. The van der Waals surface area contributed by atoms with Crippen molar-refractivity contribution in [3.63, 3.8) is 0 Å². The van der Waals surface area contributed by atoms with Crippen LogP contribution in [0.5, 0.6) is 0 Å². The maximum Gasteiger partial charge on any atom is 0.220 e. The quantitative estimate of drug-likeness (QED) is 0.360. The number of nitrogens with zero attached hydrogens (tertiary/aromatic N) is 2. The van der Waals surface area contributed by atoms with E-state index in [0.29, 0.717) is 17.6 Å². The molecule has 2 heteroatoms. The molecule has 2 aromatic carbocycles. The lowest BCUT2D eigenvalue weighted by molar-refractivity contribution is -0.665. The number of aromatic nitrogens is 1. The van der Waals surface area contributed by atoms with Gasteiger partial charge in [-0.05, 0) is 78.7 Å². The molecule has 0 unspecified atom stereocenters. The Balaban J connectivity index is 1.83. The Morgan fingerprint density at radius 3 is 2.37 bits per heavy atom. The predicted molar refractivity (Wildman–Crippen MR) is 110 cm³/mol. The molecular weight excluding hydrogens is 328 g/mol. The minimum Gasteiger partial charge on any atom is -0.238 e. The standard InChI is InChI=1S/C25H25N2/c1-15-11-23-17-5-7-18(8-6-17)24(23)14-22(15)25-21-10-9-20(26-3)13-19(21)12-16(2)27(25)4/h9-14,17-18H,5-8H2,1-2,4H3/q+1/i12D. The summed E-state index contributed by atoms with van der Waals surface area (Å²) >= 11 is 0. The molecule has 2 bridgehead atoms. The third-order valence-electron chi connectivity index (χ3n) is 6.83. The fraction of sp³-hybridized carbons (Fsp3) is 0.360. The molecule has 0 aliphatic heterocycles. The number of rotatable bonds is 1. The molecule has 27 heavy (non-hydrogen) atoms. The van der Waals surface area contributed by atoms with E-state index in [0.717, 1.165) is 22.4 Å². The van der Waals surface area contributed by atoms with Crippen molar-refractivity contribution in [3.8, 4) is 11.3 Å². The second-order valence-corrected chi connectivity index (χ2v) is 8.30. The first-order chi connectivity index (χ1) is 13.5. The highest BCUT2D eigenvalue weighted by Gasteiger charge is 2.34.